The number of piperidine rings is 1. The van der Waals surface area contributed by atoms with Gasteiger partial charge < -0.3 is 15.3 Å². The van der Waals surface area contributed by atoms with Gasteiger partial charge in [0.15, 0.2) is 0 Å². The fraction of sp³-hybridized carbons (Fsp3) is 1.00. The molecule has 0 spiro atoms. The quantitative estimate of drug-likeness (QED) is 0.737. The number of hydrogen-bond acceptors (Lipinski definition) is 4. The number of rotatable bonds is 7. The van der Waals surface area contributed by atoms with Crippen molar-refractivity contribution in [3.8, 4) is 0 Å². The van der Waals surface area contributed by atoms with Crippen molar-refractivity contribution < 1.29 is 5.11 Å². The number of nitrogens with one attached hydrogen (secondary N) is 1. The Bertz CT molecular complexity index is 236. The van der Waals surface area contributed by atoms with Gasteiger partial charge in [-0.2, -0.15) is 11.8 Å². The third-order valence-corrected chi connectivity index (χ3v) is 5.50. The van der Waals surface area contributed by atoms with Crippen molar-refractivity contribution in [2.45, 2.75) is 49.9 Å². The molecule has 2 atom stereocenters. The zero-order valence-electron chi connectivity index (χ0n) is 11.8. The largest absolute Gasteiger partial charge is 0.395 e. The lowest BCUT2D eigenvalue weighted by molar-refractivity contribution is 0.181. The van der Waals surface area contributed by atoms with Gasteiger partial charge in [0.05, 0.1) is 6.61 Å². The summed E-state index contributed by atoms with van der Waals surface area (Å²) in [5.74, 6) is 1.02. The minimum atomic E-state index is 0.274. The maximum Gasteiger partial charge on any atom is 0.0564 e. The zero-order valence-corrected chi connectivity index (χ0v) is 12.6. The summed E-state index contributed by atoms with van der Waals surface area (Å²) in [6.45, 7) is 6.32. The number of likely N-dealkylation sites (tertiary alicyclic amines) is 1. The second kappa shape index (κ2) is 7.13. The molecule has 1 saturated heterocycles. The van der Waals surface area contributed by atoms with Crippen molar-refractivity contribution in [3.05, 3.63) is 0 Å². The molecule has 106 valence electrons. The van der Waals surface area contributed by atoms with Crippen molar-refractivity contribution in [1.29, 1.82) is 0 Å². The van der Waals surface area contributed by atoms with Crippen LogP contribution in [0.2, 0.25) is 0 Å². The average molecular weight is 272 g/mol. The Labute approximate surface area is 116 Å². The van der Waals surface area contributed by atoms with E-state index in [0.717, 1.165) is 5.92 Å². The molecule has 0 amide bonds. The highest BCUT2D eigenvalue weighted by Gasteiger charge is 2.28. The molecule has 1 saturated carbocycles. The first-order valence-corrected chi connectivity index (χ1v) is 8.63. The monoisotopic (exact) mass is 272 g/mol. The zero-order chi connectivity index (χ0) is 13.0. The molecular weight excluding hydrogens is 244 g/mol. The van der Waals surface area contributed by atoms with Crippen LogP contribution in [-0.2, 0) is 0 Å². The van der Waals surface area contributed by atoms with Crippen LogP contribution in [0.3, 0.4) is 0 Å². The Morgan fingerprint density at radius 2 is 1.94 bits per heavy atom. The first-order valence-electron chi connectivity index (χ1n) is 7.35. The number of thioether (sulfide) groups is 1. The van der Waals surface area contributed by atoms with Gasteiger partial charge in [-0.05, 0) is 57.9 Å². The summed E-state index contributed by atoms with van der Waals surface area (Å²) in [7, 11) is 0. The van der Waals surface area contributed by atoms with Crippen LogP contribution in [0.25, 0.3) is 0 Å². The lowest BCUT2D eigenvalue weighted by Gasteiger charge is -2.35. The van der Waals surface area contributed by atoms with E-state index in [9.17, 15) is 5.11 Å². The summed E-state index contributed by atoms with van der Waals surface area (Å²) in [5, 5.41) is 13.3. The average Bonchev–Trinajstić information content (AvgIpc) is 3.17. The van der Waals surface area contributed by atoms with Gasteiger partial charge in [0.25, 0.3) is 0 Å². The molecule has 0 radical (unpaired) electrons. The summed E-state index contributed by atoms with van der Waals surface area (Å²) >= 11 is 1.76. The fourth-order valence-corrected chi connectivity index (χ4v) is 3.50. The molecule has 2 rings (SSSR count). The summed E-state index contributed by atoms with van der Waals surface area (Å²) in [4.78, 5) is 2.64. The van der Waals surface area contributed by atoms with E-state index in [4.69, 9.17) is 0 Å². The molecule has 0 aromatic rings. The maximum atomic E-state index is 9.30. The van der Waals surface area contributed by atoms with E-state index in [0.29, 0.717) is 17.3 Å². The van der Waals surface area contributed by atoms with Crippen LogP contribution < -0.4 is 5.32 Å². The van der Waals surface area contributed by atoms with E-state index in [2.05, 4.69) is 23.4 Å². The van der Waals surface area contributed by atoms with E-state index in [1.54, 1.807) is 11.8 Å². The molecule has 1 heterocycles. The van der Waals surface area contributed by atoms with Gasteiger partial charge in [-0.3, -0.25) is 0 Å². The number of aliphatic hydroxyl groups is 1. The maximum absolute atomic E-state index is 9.30. The summed E-state index contributed by atoms with van der Waals surface area (Å²) in [5.41, 5.74) is 0. The lowest BCUT2D eigenvalue weighted by atomic mass is 10.0. The minimum Gasteiger partial charge on any atom is -0.395 e. The Kier molecular flexibility index (Phi) is 5.80. The molecule has 1 aliphatic heterocycles. The third-order valence-electron chi connectivity index (χ3n) is 4.34. The second-order valence-corrected chi connectivity index (χ2v) is 7.01. The van der Waals surface area contributed by atoms with Gasteiger partial charge in [-0.1, -0.05) is 0 Å². The first-order chi connectivity index (χ1) is 8.72. The highest BCUT2D eigenvalue weighted by Crippen LogP contribution is 2.30. The second-order valence-electron chi connectivity index (χ2n) is 5.93. The van der Waals surface area contributed by atoms with Crippen molar-refractivity contribution >= 4 is 11.8 Å². The van der Waals surface area contributed by atoms with Gasteiger partial charge >= 0.3 is 0 Å². The summed E-state index contributed by atoms with van der Waals surface area (Å²) < 4.78 is 0. The highest BCUT2D eigenvalue weighted by atomic mass is 32.2. The molecule has 2 fully saturated rings. The van der Waals surface area contributed by atoms with Crippen LogP contribution in [0, 0.1) is 5.92 Å². The molecular formula is C14H28N2OS. The molecule has 4 heteroatoms. The minimum absolute atomic E-state index is 0.274. The fourth-order valence-electron chi connectivity index (χ4n) is 2.86. The van der Waals surface area contributed by atoms with E-state index in [1.807, 2.05) is 0 Å². The standard InChI is InChI=1S/C14H28N2OS/c1-11(14(10-17)18-2)15-13-5-7-16(8-6-13)9-12-3-4-12/h11-15,17H,3-10H2,1-2H3. The van der Waals surface area contributed by atoms with Gasteiger partial charge in [0, 0.05) is 23.9 Å². The number of aliphatic hydroxyl groups excluding tert-OH is 1. The van der Waals surface area contributed by atoms with Crippen LogP contribution in [0.1, 0.15) is 32.6 Å². The van der Waals surface area contributed by atoms with Gasteiger partial charge in [0.2, 0.25) is 0 Å². The van der Waals surface area contributed by atoms with Crippen LogP contribution in [0.15, 0.2) is 0 Å². The molecule has 0 aromatic carbocycles. The van der Waals surface area contributed by atoms with Gasteiger partial charge in [-0.15, -0.1) is 0 Å². The van der Waals surface area contributed by atoms with Crippen molar-refractivity contribution in [1.82, 2.24) is 10.2 Å². The molecule has 18 heavy (non-hydrogen) atoms. The van der Waals surface area contributed by atoms with Crippen LogP contribution in [-0.4, -0.2) is 59.8 Å². The highest BCUT2D eigenvalue weighted by molar-refractivity contribution is 7.99. The Balaban J connectivity index is 1.65. The molecule has 3 nitrogen and oxygen atoms in total. The van der Waals surface area contributed by atoms with Crippen molar-refractivity contribution in [2.24, 2.45) is 5.92 Å². The first kappa shape index (κ1) is 14.6. The molecule has 1 aliphatic carbocycles. The summed E-state index contributed by atoms with van der Waals surface area (Å²) in [6, 6.07) is 1.06. The van der Waals surface area contributed by atoms with E-state index >= 15 is 0 Å². The third kappa shape index (κ3) is 4.41. The van der Waals surface area contributed by atoms with E-state index in [1.165, 1.54) is 45.3 Å². The molecule has 2 N–H and O–H groups in total. The van der Waals surface area contributed by atoms with Crippen LogP contribution in [0.4, 0.5) is 0 Å². The molecule has 0 aromatic heterocycles. The van der Waals surface area contributed by atoms with E-state index in [-0.39, 0.29) is 6.61 Å². The van der Waals surface area contributed by atoms with Crippen molar-refractivity contribution in [2.75, 3.05) is 32.5 Å². The molecule has 2 aliphatic rings. The SMILES string of the molecule is CSC(CO)C(C)NC1CCN(CC2CC2)CC1. The normalized spacial score (nSPS) is 26.2. The summed E-state index contributed by atoms with van der Waals surface area (Å²) in [6.07, 6.45) is 7.53. The molecule has 0 bridgehead atoms. The predicted molar refractivity (Wildman–Crippen MR) is 79.2 cm³/mol. The Hall–Kier alpha value is 0.230. The Morgan fingerprint density at radius 3 is 2.44 bits per heavy atom. The van der Waals surface area contributed by atoms with Crippen LogP contribution in [0.5, 0.6) is 0 Å². The smallest absolute Gasteiger partial charge is 0.0564 e. The van der Waals surface area contributed by atoms with Crippen molar-refractivity contribution in [3.63, 3.8) is 0 Å². The predicted octanol–water partition coefficient (Wildman–Crippen LogP) is 1.56. The topological polar surface area (TPSA) is 35.5 Å². The van der Waals surface area contributed by atoms with Gasteiger partial charge in [0.1, 0.15) is 0 Å². The number of hydrogen-bond donors (Lipinski definition) is 2. The van der Waals surface area contributed by atoms with Crippen LogP contribution >= 0.6 is 11.8 Å². The number of nitrogens with zero attached hydrogens (tertiary/aromatic N) is 1. The Morgan fingerprint density at radius 1 is 1.28 bits per heavy atom. The van der Waals surface area contributed by atoms with Gasteiger partial charge in [-0.25, -0.2) is 0 Å². The molecule has 2 unspecified atom stereocenters. The van der Waals surface area contributed by atoms with E-state index < -0.39 is 0 Å². The lowest BCUT2D eigenvalue weighted by Crippen LogP contribution is -2.49.